The van der Waals surface area contributed by atoms with Crippen molar-refractivity contribution in [3.05, 3.63) is 53.7 Å². The number of carbonyl (C=O) groups is 1. The number of aryl methyl sites for hydroxylation is 1. The molecule has 0 saturated heterocycles. The molecule has 0 aliphatic rings. The van der Waals surface area contributed by atoms with E-state index in [2.05, 4.69) is 15.5 Å². The molecule has 6 nitrogen and oxygen atoms in total. The number of aromatic nitrogens is 3. The van der Waals surface area contributed by atoms with Crippen molar-refractivity contribution in [1.29, 1.82) is 0 Å². The fourth-order valence-corrected chi connectivity index (χ4v) is 2.16. The maximum atomic E-state index is 12.2. The van der Waals surface area contributed by atoms with Crippen LogP contribution in [0.5, 0.6) is 0 Å². The Kier molecular flexibility index (Phi) is 3.45. The van der Waals surface area contributed by atoms with Gasteiger partial charge in [0, 0.05) is 12.6 Å². The van der Waals surface area contributed by atoms with Crippen LogP contribution < -0.4 is 5.32 Å². The van der Waals surface area contributed by atoms with Crippen molar-refractivity contribution in [1.82, 2.24) is 14.8 Å². The summed E-state index contributed by atoms with van der Waals surface area (Å²) in [5, 5.41) is 10.8. The zero-order chi connectivity index (χ0) is 14.8. The van der Waals surface area contributed by atoms with Gasteiger partial charge in [-0.2, -0.15) is 0 Å². The zero-order valence-corrected chi connectivity index (χ0v) is 11.8. The van der Waals surface area contributed by atoms with Crippen LogP contribution in [0, 0.1) is 0 Å². The Balaban J connectivity index is 1.95. The summed E-state index contributed by atoms with van der Waals surface area (Å²) in [5.41, 5.74) is 1.67. The molecule has 0 unspecified atom stereocenters. The predicted molar refractivity (Wildman–Crippen MR) is 78.1 cm³/mol. The Morgan fingerprint density at radius 2 is 2.14 bits per heavy atom. The van der Waals surface area contributed by atoms with Gasteiger partial charge >= 0.3 is 0 Å². The number of amides is 1. The molecule has 0 aliphatic heterocycles. The number of nitrogens with zero attached hydrogens (tertiary/aromatic N) is 3. The van der Waals surface area contributed by atoms with Gasteiger partial charge in [0.2, 0.25) is 5.22 Å². The van der Waals surface area contributed by atoms with E-state index in [0.717, 1.165) is 5.56 Å². The van der Waals surface area contributed by atoms with Crippen molar-refractivity contribution in [2.24, 2.45) is 7.05 Å². The molecular weight excluding hydrogens is 292 g/mol. The lowest BCUT2D eigenvalue weighted by atomic mass is 10.1. The van der Waals surface area contributed by atoms with Gasteiger partial charge in [0.25, 0.3) is 5.91 Å². The first-order valence-electron chi connectivity index (χ1n) is 6.14. The number of anilines is 1. The smallest absolute Gasteiger partial charge is 0.260 e. The van der Waals surface area contributed by atoms with E-state index in [1.54, 1.807) is 17.0 Å². The fraction of sp³-hybridized carbons (Fsp3) is 0.0714. The molecule has 2 heterocycles. The number of furan rings is 1. The summed E-state index contributed by atoms with van der Waals surface area (Å²) in [4.78, 5) is 12.2. The number of benzene rings is 1. The normalized spacial score (nSPS) is 10.6. The second kappa shape index (κ2) is 5.41. The Labute approximate surface area is 125 Å². The highest BCUT2D eigenvalue weighted by molar-refractivity contribution is 6.32. The van der Waals surface area contributed by atoms with Gasteiger partial charge in [-0.3, -0.25) is 4.79 Å². The summed E-state index contributed by atoms with van der Waals surface area (Å²) in [6.07, 6.45) is 2.96. The first kappa shape index (κ1) is 13.4. The lowest BCUT2D eigenvalue weighted by molar-refractivity contribution is 0.102. The van der Waals surface area contributed by atoms with Crippen molar-refractivity contribution in [3.8, 4) is 11.4 Å². The number of halogens is 1. The molecule has 0 spiro atoms. The summed E-state index contributed by atoms with van der Waals surface area (Å²) in [7, 11) is 1.83. The summed E-state index contributed by atoms with van der Waals surface area (Å²) in [6, 6.07) is 8.85. The van der Waals surface area contributed by atoms with Crippen LogP contribution in [0.4, 0.5) is 5.69 Å². The van der Waals surface area contributed by atoms with E-state index < -0.39 is 0 Å². The molecule has 7 heteroatoms. The Hall–Kier alpha value is -2.60. The second-order valence-electron chi connectivity index (χ2n) is 4.37. The Morgan fingerprint density at radius 1 is 1.33 bits per heavy atom. The molecule has 0 radical (unpaired) electrons. The van der Waals surface area contributed by atoms with E-state index in [0.29, 0.717) is 11.5 Å². The van der Waals surface area contributed by atoms with E-state index in [1.165, 1.54) is 12.3 Å². The van der Waals surface area contributed by atoms with Crippen molar-refractivity contribution in [3.63, 3.8) is 0 Å². The number of hydrogen-bond acceptors (Lipinski definition) is 4. The van der Waals surface area contributed by atoms with Gasteiger partial charge in [-0.05, 0) is 29.8 Å². The molecule has 1 aromatic carbocycles. The minimum Gasteiger partial charge on any atom is -0.452 e. The number of carbonyl (C=O) groups excluding carboxylic acids is 1. The van der Waals surface area contributed by atoms with Gasteiger partial charge in [-0.1, -0.05) is 12.1 Å². The molecule has 3 rings (SSSR count). The standard InChI is InChI=1S/C14H11ClN4O2/c1-19-8-16-18-13(19)9-4-2-3-5-11(9)17-14(20)10-6-7-21-12(10)15/h2-8H,1H3,(H,17,20). The number of hydrogen-bond donors (Lipinski definition) is 1. The van der Waals surface area contributed by atoms with Gasteiger partial charge in [0.05, 0.1) is 17.5 Å². The topological polar surface area (TPSA) is 73.0 Å². The fourth-order valence-electron chi connectivity index (χ4n) is 1.96. The summed E-state index contributed by atoms with van der Waals surface area (Å²) < 4.78 is 6.70. The molecule has 2 aromatic heterocycles. The van der Waals surface area contributed by atoms with Crippen LogP contribution >= 0.6 is 11.6 Å². The maximum absolute atomic E-state index is 12.2. The molecule has 0 saturated carbocycles. The maximum Gasteiger partial charge on any atom is 0.260 e. The highest BCUT2D eigenvalue weighted by Crippen LogP contribution is 2.27. The van der Waals surface area contributed by atoms with E-state index >= 15 is 0 Å². The second-order valence-corrected chi connectivity index (χ2v) is 4.72. The molecule has 1 N–H and O–H groups in total. The van der Waals surface area contributed by atoms with Crippen LogP contribution in [-0.4, -0.2) is 20.7 Å². The predicted octanol–water partition coefficient (Wildman–Crippen LogP) is 2.98. The van der Waals surface area contributed by atoms with Crippen LogP contribution in [0.2, 0.25) is 5.22 Å². The summed E-state index contributed by atoms with van der Waals surface area (Å²) in [5.74, 6) is 0.313. The lowest BCUT2D eigenvalue weighted by Gasteiger charge is -2.09. The van der Waals surface area contributed by atoms with Crippen LogP contribution in [0.1, 0.15) is 10.4 Å². The molecule has 0 atom stereocenters. The minimum absolute atomic E-state index is 0.0589. The summed E-state index contributed by atoms with van der Waals surface area (Å²) >= 11 is 5.81. The minimum atomic E-state index is -0.344. The Morgan fingerprint density at radius 3 is 2.81 bits per heavy atom. The number of rotatable bonds is 3. The van der Waals surface area contributed by atoms with Gasteiger partial charge in [-0.25, -0.2) is 0 Å². The molecule has 21 heavy (non-hydrogen) atoms. The third-order valence-corrected chi connectivity index (χ3v) is 3.28. The summed E-state index contributed by atoms with van der Waals surface area (Å²) in [6.45, 7) is 0. The first-order chi connectivity index (χ1) is 10.2. The van der Waals surface area contributed by atoms with Crippen LogP contribution in [0.25, 0.3) is 11.4 Å². The Bertz CT molecular complexity index is 794. The van der Waals surface area contributed by atoms with E-state index in [9.17, 15) is 4.79 Å². The van der Waals surface area contributed by atoms with E-state index in [-0.39, 0.29) is 16.7 Å². The molecular formula is C14H11ClN4O2. The zero-order valence-electron chi connectivity index (χ0n) is 11.1. The van der Waals surface area contributed by atoms with Crippen molar-refractivity contribution < 1.29 is 9.21 Å². The van der Waals surface area contributed by atoms with Crippen LogP contribution in [-0.2, 0) is 7.05 Å². The van der Waals surface area contributed by atoms with Gasteiger partial charge < -0.3 is 14.3 Å². The lowest BCUT2D eigenvalue weighted by Crippen LogP contribution is -2.12. The molecule has 0 aliphatic carbocycles. The van der Waals surface area contributed by atoms with Gasteiger partial charge in [0.15, 0.2) is 5.82 Å². The number of para-hydroxylation sites is 1. The average molecular weight is 303 g/mol. The van der Waals surface area contributed by atoms with Gasteiger partial charge in [-0.15, -0.1) is 10.2 Å². The molecule has 0 fully saturated rings. The average Bonchev–Trinajstić information content (AvgIpc) is 3.08. The van der Waals surface area contributed by atoms with Crippen molar-refractivity contribution in [2.75, 3.05) is 5.32 Å². The van der Waals surface area contributed by atoms with Crippen molar-refractivity contribution in [2.45, 2.75) is 0 Å². The first-order valence-corrected chi connectivity index (χ1v) is 6.52. The molecule has 3 aromatic rings. The SMILES string of the molecule is Cn1cnnc1-c1ccccc1NC(=O)c1ccoc1Cl. The van der Waals surface area contributed by atoms with Crippen LogP contribution in [0.3, 0.4) is 0 Å². The molecule has 1 amide bonds. The van der Waals surface area contributed by atoms with E-state index in [1.807, 2.05) is 25.2 Å². The number of nitrogens with one attached hydrogen (secondary N) is 1. The van der Waals surface area contributed by atoms with Crippen molar-refractivity contribution >= 4 is 23.2 Å². The molecule has 0 bridgehead atoms. The largest absolute Gasteiger partial charge is 0.452 e. The quantitative estimate of drug-likeness (QED) is 0.807. The monoisotopic (exact) mass is 302 g/mol. The van der Waals surface area contributed by atoms with Gasteiger partial charge in [0.1, 0.15) is 6.33 Å². The highest BCUT2D eigenvalue weighted by Gasteiger charge is 2.16. The highest BCUT2D eigenvalue weighted by atomic mass is 35.5. The van der Waals surface area contributed by atoms with Crippen LogP contribution in [0.15, 0.2) is 47.3 Å². The van der Waals surface area contributed by atoms with E-state index in [4.69, 9.17) is 16.0 Å². The third-order valence-electron chi connectivity index (χ3n) is 2.99. The molecule has 106 valence electrons. The third kappa shape index (κ3) is 2.53.